The third-order valence-corrected chi connectivity index (χ3v) is 4.93. The van der Waals surface area contributed by atoms with Crippen LogP contribution in [0.25, 0.3) is 0 Å². The number of hydrogen-bond donors (Lipinski definition) is 1. The number of esters is 1. The predicted molar refractivity (Wildman–Crippen MR) is 76.6 cm³/mol. The third-order valence-electron chi connectivity index (χ3n) is 4.93. The van der Waals surface area contributed by atoms with E-state index in [1.807, 2.05) is 0 Å². The molecular weight excluding hydrogens is 238 g/mol. The summed E-state index contributed by atoms with van der Waals surface area (Å²) in [7, 11) is 0. The van der Waals surface area contributed by atoms with E-state index >= 15 is 0 Å². The molecule has 4 unspecified atom stereocenters. The van der Waals surface area contributed by atoms with Gasteiger partial charge < -0.3 is 10.5 Å². The van der Waals surface area contributed by atoms with Gasteiger partial charge in [0.1, 0.15) is 6.10 Å². The molecule has 2 aliphatic rings. The normalized spacial score (nSPS) is 39.8. The van der Waals surface area contributed by atoms with Crippen LogP contribution in [0.3, 0.4) is 0 Å². The molecule has 0 spiro atoms. The SMILES string of the molecule is CC1CC(C)CC(OC(=O)C2CCCCC2CN)C1. The van der Waals surface area contributed by atoms with Crippen LogP contribution in [0.4, 0.5) is 0 Å². The maximum absolute atomic E-state index is 12.4. The van der Waals surface area contributed by atoms with Crippen molar-refractivity contribution in [1.82, 2.24) is 0 Å². The van der Waals surface area contributed by atoms with Gasteiger partial charge in [0.05, 0.1) is 5.92 Å². The molecule has 2 fully saturated rings. The molecule has 0 aliphatic heterocycles. The minimum Gasteiger partial charge on any atom is -0.462 e. The maximum atomic E-state index is 12.4. The van der Waals surface area contributed by atoms with Crippen molar-refractivity contribution in [3.05, 3.63) is 0 Å². The summed E-state index contributed by atoms with van der Waals surface area (Å²) < 4.78 is 5.81. The topological polar surface area (TPSA) is 52.3 Å². The van der Waals surface area contributed by atoms with Gasteiger partial charge in [-0.25, -0.2) is 0 Å². The molecular formula is C16H29NO2. The summed E-state index contributed by atoms with van der Waals surface area (Å²) in [5.41, 5.74) is 5.80. The zero-order valence-corrected chi connectivity index (χ0v) is 12.4. The Morgan fingerprint density at radius 3 is 2.37 bits per heavy atom. The molecule has 0 amide bonds. The first kappa shape index (κ1) is 14.8. The minimum atomic E-state index is 0.0291. The zero-order valence-electron chi connectivity index (χ0n) is 12.4. The van der Waals surface area contributed by atoms with Gasteiger partial charge in [0, 0.05) is 0 Å². The molecule has 3 heteroatoms. The van der Waals surface area contributed by atoms with Crippen molar-refractivity contribution < 1.29 is 9.53 Å². The van der Waals surface area contributed by atoms with E-state index in [0.717, 1.165) is 32.1 Å². The summed E-state index contributed by atoms with van der Waals surface area (Å²) in [6.07, 6.45) is 7.91. The fourth-order valence-electron chi connectivity index (χ4n) is 4.02. The van der Waals surface area contributed by atoms with Gasteiger partial charge in [0.2, 0.25) is 0 Å². The van der Waals surface area contributed by atoms with Crippen LogP contribution in [-0.4, -0.2) is 18.6 Å². The number of hydrogen-bond acceptors (Lipinski definition) is 3. The highest BCUT2D eigenvalue weighted by Gasteiger charge is 2.34. The van der Waals surface area contributed by atoms with Crippen molar-refractivity contribution >= 4 is 5.97 Å². The monoisotopic (exact) mass is 267 g/mol. The van der Waals surface area contributed by atoms with Gasteiger partial charge in [-0.3, -0.25) is 4.79 Å². The van der Waals surface area contributed by atoms with Gasteiger partial charge in [0.25, 0.3) is 0 Å². The van der Waals surface area contributed by atoms with Crippen molar-refractivity contribution in [1.29, 1.82) is 0 Å². The molecule has 0 bridgehead atoms. The first-order chi connectivity index (χ1) is 9.10. The largest absolute Gasteiger partial charge is 0.462 e. The highest BCUT2D eigenvalue weighted by molar-refractivity contribution is 5.73. The van der Waals surface area contributed by atoms with Crippen LogP contribution in [0.15, 0.2) is 0 Å². The second kappa shape index (κ2) is 6.74. The average molecular weight is 267 g/mol. The molecule has 2 N–H and O–H groups in total. The van der Waals surface area contributed by atoms with Crippen LogP contribution in [0.5, 0.6) is 0 Å². The molecule has 0 saturated heterocycles. The lowest BCUT2D eigenvalue weighted by atomic mass is 9.79. The van der Waals surface area contributed by atoms with Crippen molar-refractivity contribution in [3.8, 4) is 0 Å². The highest BCUT2D eigenvalue weighted by Crippen LogP contribution is 2.34. The number of rotatable bonds is 3. The van der Waals surface area contributed by atoms with Crippen molar-refractivity contribution in [2.24, 2.45) is 29.4 Å². The summed E-state index contributed by atoms with van der Waals surface area (Å²) in [6.45, 7) is 5.15. The fourth-order valence-corrected chi connectivity index (χ4v) is 4.02. The summed E-state index contributed by atoms with van der Waals surface area (Å²) in [5.74, 6) is 1.80. The molecule has 2 saturated carbocycles. The van der Waals surface area contributed by atoms with Crippen molar-refractivity contribution in [2.75, 3.05) is 6.54 Å². The quantitative estimate of drug-likeness (QED) is 0.799. The number of ether oxygens (including phenoxy) is 1. The smallest absolute Gasteiger partial charge is 0.309 e. The number of carbonyl (C=O) groups is 1. The molecule has 19 heavy (non-hydrogen) atoms. The Hall–Kier alpha value is -0.570. The Kier molecular flexibility index (Phi) is 5.26. The third kappa shape index (κ3) is 3.95. The van der Waals surface area contributed by atoms with Crippen LogP contribution in [0.2, 0.25) is 0 Å². The summed E-state index contributed by atoms with van der Waals surface area (Å²) >= 11 is 0. The van der Waals surface area contributed by atoms with Gasteiger partial charge in [-0.05, 0) is 56.4 Å². The Labute approximate surface area is 117 Å². The van der Waals surface area contributed by atoms with Gasteiger partial charge in [-0.1, -0.05) is 26.7 Å². The van der Waals surface area contributed by atoms with Gasteiger partial charge in [-0.2, -0.15) is 0 Å². The Morgan fingerprint density at radius 1 is 1.11 bits per heavy atom. The second-order valence-electron chi connectivity index (χ2n) is 6.86. The van der Waals surface area contributed by atoms with E-state index in [9.17, 15) is 4.79 Å². The Morgan fingerprint density at radius 2 is 1.74 bits per heavy atom. The Balaban J connectivity index is 1.88. The van der Waals surface area contributed by atoms with Crippen LogP contribution in [-0.2, 0) is 9.53 Å². The molecule has 2 rings (SSSR count). The van der Waals surface area contributed by atoms with Crippen molar-refractivity contribution in [2.45, 2.75) is 64.9 Å². The van der Waals surface area contributed by atoms with Crippen LogP contribution in [0, 0.1) is 23.7 Å². The molecule has 0 aromatic rings. The minimum absolute atomic E-state index is 0.0291. The summed E-state index contributed by atoms with van der Waals surface area (Å²) in [5, 5.41) is 0. The number of nitrogens with two attached hydrogens (primary N) is 1. The van der Waals surface area contributed by atoms with E-state index in [2.05, 4.69) is 13.8 Å². The lowest BCUT2D eigenvalue weighted by Gasteiger charge is -2.34. The zero-order chi connectivity index (χ0) is 13.8. The van der Waals surface area contributed by atoms with Crippen LogP contribution < -0.4 is 5.73 Å². The molecule has 0 aromatic heterocycles. The highest BCUT2D eigenvalue weighted by atomic mass is 16.5. The first-order valence-electron chi connectivity index (χ1n) is 8.00. The molecule has 4 atom stereocenters. The molecule has 0 radical (unpaired) electrons. The van der Waals surface area contributed by atoms with Crippen molar-refractivity contribution in [3.63, 3.8) is 0 Å². The van der Waals surface area contributed by atoms with E-state index in [1.165, 1.54) is 12.8 Å². The summed E-state index contributed by atoms with van der Waals surface area (Å²) in [4.78, 5) is 12.4. The first-order valence-corrected chi connectivity index (χ1v) is 8.00. The molecule has 0 aromatic carbocycles. The molecule has 110 valence electrons. The van der Waals surface area contributed by atoms with Crippen LogP contribution in [0.1, 0.15) is 58.8 Å². The van der Waals surface area contributed by atoms with Gasteiger partial charge in [-0.15, -0.1) is 0 Å². The predicted octanol–water partition coefficient (Wildman–Crippen LogP) is 3.12. The standard InChI is InChI=1S/C16H29NO2/c1-11-7-12(2)9-14(8-11)19-16(18)15-6-4-3-5-13(15)10-17/h11-15H,3-10,17H2,1-2H3. The summed E-state index contributed by atoms with van der Waals surface area (Å²) in [6, 6.07) is 0. The molecule has 2 aliphatic carbocycles. The maximum Gasteiger partial charge on any atom is 0.309 e. The van der Waals surface area contributed by atoms with E-state index < -0.39 is 0 Å². The van der Waals surface area contributed by atoms with E-state index in [4.69, 9.17) is 10.5 Å². The molecule has 0 heterocycles. The number of carbonyl (C=O) groups excluding carboxylic acids is 1. The van der Waals surface area contributed by atoms with Crippen LogP contribution >= 0.6 is 0 Å². The van der Waals surface area contributed by atoms with E-state index in [-0.39, 0.29) is 18.0 Å². The van der Waals surface area contributed by atoms with E-state index in [1.54, 1.807) is 0 Å². The van der Waals surface area contributed by atoms with Gasteiger partial charge in [0.15, 0.2) is 0 Å². The fraction of sp³-hybridized carbons (Fsp3) is 0.938. The Bertz CT molecular complexity index is 295. The lowest BCUT2D eigenvalue weighted by Crippen LogP contribution is -2.37. The molecule has 3 nitrogen and oxygen atoms in total. The van der Waals surface area contributed by atoms with Gasteiger partial charge >= 0.3 is 5.97 Å². The second-order valence-corrected chi connectivity index (χ2v) is 6.86. The van der Waals surface area contributed by atoms with E-state index in [0.29, 0.717) is 24.3 Å². The average Bonchev–Trinajstić information content (AvgIpc) is 2.37. The lowest BCUT2D eigenvalue weighted by molar-refractivity contribution is -0.160.